The molecule has 28 heavy (non-hydrogen) atoms. The fraction of sp³-hybridized carbons (Fsp3) is 0.364. The topological polar surface area (TPSA) is 69.6 Å². The number of carboxylic acid groups (broad SMARTS) is 1. The maximum Gasteiger partial charge on any atom is 0.335 e. The van der Waals surface area contributed by atoms with Crippen molar-refractivity contribution in [2.75, 3.05) is 19.6 Å². The molecule has 1 fully saturated rings. The van der Waals surface area contributed by atoms with Crippen molar-refractivity contribution < 1.29 is 19.1 Å². The minimum absolute atomic E-state index is 0.0164. The van der Waals surface area contributed by atoms with Crippen LogP contribution in [0.1, 0.15) is 46.7 Å². The van der Waals surface area contributed by atoms with E-state index in [4.69, 9.17) is 5.11 Å². The number of nitrogens with zero attached hydrogens (tertiary/aromatic N) is 1. The predicted molar refractivity (Wildman–Crippen MR) is 105 cm³/mol. The van der Waals surface area contributed by atoms with Gasteiger partial charge < -0.3 is 15.3 Å². The number of rotatable bonds is 7. The van der Waals surface area contributed by atoms with E-state index >= 15 is 0 Å². The zero-order valence-electron chi connectivity index (χ0n) is 15.7. The van der Waals surface area contributed by atoms with Crippen molar-refractivity contribution in [3.05, 3.63) is 71.0 Å². The number of halogens is 1. The molecule has 2 aromatic carbocycles. The number of carbonyl (C=O) groups is 2. The standard InChI is InChI=1S/C22H25FN2O3/c23-20-9-3-16(4-10-20)14-24-21(26)11-13-25-12-1-2-19(15-25)17-5-7-18(8-6-17)22(27)28/h3-10,19H,1-2,11-15H2,(H,24,26)(H,27,28)/t19-/m1/s1. The third-order valence-electron chi connectivity index (χ3n) is 5.19. The highest BCUT2D eigenvalue weighted by Crippen LogP contribution is 2.27. The van der Waals surface area contributed by atoms with Crippen molar-refractivity contribution in [2.45, 2.75) is 31.7 Å². The summed E-state index contributed by atoms with van der Waals surface area (Å²) in [4.78, 5) is 25.4. The number of carbonyl (C=O) groups excluding carboxylic acids is 1. The van der Waals surface area contributed by atoms with Crippen LogP contribution in [0.25, 0.3) is 0 Å². The van der Waals surface area contributed by atoms with Crippen LogP contribution in [0.15, 0.2) is 48.5 Å². The number of piperidine rings is 1. The second-order valence-electron chi connectivity index (χ2n) is 7.22. The van der Waals surface area contributed by atoms with Crippen LogP contribution >= 0.6 is 0 Å². The summed E-state index contributed by atoms with van der Waals surface area (Å²) in [5, 5.41) is 11.9. The summed E-state index contributed by atoms with van der Waals surface area (Å²) >= 11 is 0. The Morgan fingerprint density at radius 2 is 1.82 bits per heavy atom. The van der Waals surface area contributed by atoms with Crippen LogP contribution in [0.4, 0.5) is 4.39 Å². The predicted octanol–water partition coefficient (Wildman–Crippen LogP) is 3.41. The summed E-state index contributed by atoms with van der Waals surface area (Å²) in [5.41, 5.74) is 2.32. The van der Waals surface area contributed by atoms with Gasteiger partial charge in [-0.05, 0) is 60.7 Å². The number of amides is 1. The van der Waals surface area contributed by atoms with Crippen LogP contribution in [0.5, 0.6) is 0 Å². The quantitative estimate of drug-likeness (QED) is 0.768. The number of aromatic carboxylic acids is 1. The lowest BCUT2D eigenvalue weighted by Crippen LogP contribution is -2.37. The first kappa shape index (κ1) is 20.0. The van der Waals surface area contributed by atoms with Crippen molar-refractivity contribution in [2.24, 2.45) is 0 Å². The number of carboxylic acids is 1. The summed E-state index contributed by atoms with van der Waals surface area (Å²) in [6.07, 6.45) is 2.55. The normalized spacial score (nSPS) is 17.2. The highest BCUT2D eigenvalue weighted by molar-refractivity contribution is 5.87. The average Bonchev–Trinajstić information content (AvgIpc) is 2.72. The molecule has 1 heterocycles. The van der Waals surface area contributed by atoms with Crippen LogP contribution in [-0.4, -0.2) is 41.5 Å². The lowest BCUT2D eigenvalue weighted by Gasteiger charge is -2.32. The van der Waals surface area contributed by atoms with E-state index in [0.717, 1.165) is 37.1 Å². The molecule has 0 aliphatic carbocycles. The lowest BCUT2D eigenvalue weighted by atomic mass is 9.90. The van der Waals surface area contributed by atoms with Crippen LogP contribution in [0.2, 0.25) is 0 Å². The largest absolute Gasteiger partial charge is 0.478 e. The molecule has 1 amide bonds. The van der Waals surface area contributed by atoms with E-state index in [0.29, 0.717) is 31.0 Å². The van der Waals surface area contributed by atoms with E-state index in [2.05, 4.69) is 10.2 Å². The van der Waals surface area contributed by atoms with E-state index < -0.39 is 5.97 Å². The third kappa shape index (κ3) is 5.63. The first-order valence-corrected chi connectivity index (χ1v) is 9.58. The Kier molecular flexibility index (Phi) is 6.76. The highest BCUT2D eigenvalue weighted by Gasteiger charge is 2.22. The molecule has 2 aromatic rings. The van der Waals surface area contributed by atoms with Gasteiger partial charge in [-0.25, -0.2) is 9.18 Å². The van der Waals surface area contributed by atoms with E-state index in [1.54, 1.807) is 24.3 Å². The average molecular weight is 384 g/mol. The molecule has 0 unspecified atom stereocenters. The maximum absolute atomic E-state index is 12.9. The van der Waals surface area contributed by atoms with Crippen LogP contribution in [0.3, 0.4) is 0 Å². The number of hydrogen-bond donors (Lipinski definition) is 2. The Hall–Kier alpha value is -2.73. The van der Waals surface area contributed by atoms with E-state index in [1.165, 1.54) is 12.1 Å². The molecule has 1 aliphatic rings. The van der Waals surface area contributed by atoms with Gasteiger partial charge in [0.15, 0.2) is 0 Å². The molecule has 0 saturated carbocycles. The molecule has 0 radical (unpaired) electrons. The molecule has 148 valence electrons. The van der Waals surface area contributed by atoms with Crippen LogP contribution in [0, 0.1) is 5.82 Å². The summed E-state index contributed by atoms with van der Waals surface area (Å²) in [6, 6.07) is 13.2. The number of benzene rings is 2. The van der Waals surface area contributed by atoms with Crippen molar-refractivity contribution >= 4 is 11.9 Å². The van der Waals surface area contributed by atoms with E-state index in [-0.39, 0.29) is 11.7 Å². The Bertz CT molecular complexity index is 806. The molecule has 0 bridgehead atoms. The molecular weight excluding hydrogens is 359 g/mol. The molecule has 6 heteroatoms. The summed E-state index contributed by atoms with van der Waals surface area (Å²) < 4.78 is 12.9. The van der Waals surface area contributed by atoms with Gasteiger partial charge in [0, 0.05) is 26.1 Å². The highest BCUT2D eigenvalue weighted by atomic mass is 19.1. The van der Waals surface area contributed by atoms with Gasteiger partial charge in [-0.15, -0.1) is 0 Å². The first-order valence-electron chi connectivity index (χ1n) is 9.58. The Morgan fingerprint density at radius 3 is 2.50 bits per heavy atom. The Morgan fingerprint density at radius 1 is 1.11 bits per heavy atom. The van der Waals surface area contributed by atoms with Gasteiger partial charge in [0.05, 0.1) is 5.56 Å². The Labute approximate surface area is 164 Å². The monoisotopic (exact) mass is 384 g/mol. The summed E-state index contributed by atoms with van der Waals surface area (Å²) in [7, 11) is 0. The molecule has 5 nitrogen and oxygen atoms in total. The number of likely N-dealkylation sites (tertiary alicyclic amines) is 1. The maximum atomic E-state index is 12.9. The van der Waals surface area contributed by atoms with Gasteiger partial charge in [0.25, 0.3) is 0 Å². The molecule has 2 N–H and O–H groups in total. The SMILES string of the molecule is O=C(CCN1CCC[C@@H](c2ccc(C(=O)O)cc2)C1)NCc1ccc(F)cc1. The molecule has 1 atom stereocenters. The smallest absolute Gasteiger partial charge is 0.335 e. The zero-order valence-corrected chi connectivity index (χ0v) is 15.7. The second kappa shape index (κ2) is 9.46. The van der Waals surface area contributed by atoms with Gasteiger partial charge in [-0.3, -0.25) is 4.79 Å². The van der Waals surface area contributed by atoms with E-state index in [1.807, 2.05) is 12.1 Å². The molecule has 0 spiro atoms. The van der Waals surface area contributed by atoms with Gasteiger partial charge in [-0.1, -0.05) is 24.3 Å². The van der Waals surface area contributed by atoms with Crippen molar-refractivity contribution in [1.29, 1.82) is 0 Å². The summed E-state index contributed by atoms with van der Waals surface area (Å²) in [6.45, 7) is 2.93. The van der Waals surface area contributed by atoms with Gasteiger partial charge in [0.1, 0.15) is 5.82 Å². The fourth-order valence-corrected chi connectivity index (χ4v) is 3.58. The first-order chi connectivity index (χ1) is 13.5. The van der Waals surface area contributed by atoms with Crippen LogP contribution in [-0.2, 0) is 11.3 Å². The summed E-state index contributed by atoms with van der Waals surface area (Å²) in [5.74, 6) is -0.855. The van der Waals surface area contributed by atoms with Gasteiger partial charge in [0.2, 0.25) is 5.91 Å². The van der Waals surface area contributed by atoms with Gasteiger partial charge >= 0.3 is 5.97 Å². The minimum atomic E-state index is -0.913. The number of hydrogen-bond acceptors (Lipinski definition) is 3. The van der Waals surface area contributed by atoms with Crippen molar-refractivity contribution in [3.8, 4) is 0 Å². The zero-order chi connectivity index (χ0) is 19.9. The molecule has 0 aromatic heterocycles. The Balaban J connectivity index is 1.44. The number of nitrogens with one attached hydrogen (secondary N) is 1. The van der Waals surface area contributed by atoms with Crippen LogP contribution < -0.4 is 5.32 Å². The lowest BCUT2D eigenvalue weighted by molar-refractivity contribution is -0.121. The third-order valence-corrected chi connectivity index (χ3v) is 5.19. The van der Waals surface area contributed by atoms with E-state index in [9.17, 15) is 14.0 Å². The molecular formula is C22H25FN2O3. The van der Waals surface area contributed by atoms with Crippen molar-refractivity contribution in [3.63, 3.8) is 0 Å². The fourth-order valence-electron chi connectivity index (χ4n) is 3.58. The molecule has 1 aliphatic heterocycles. The molecule has 1 saturated heterocycles. The second-order valence-corrected chi connectivity index (χ2v) is 7.22. The van der Waals surface area contributed by atoms with Crippen molar-refractivity contribution in [1.82, 2.24) is 10.2 Å². The molecule has 3 rings (SSSR count). The van der Waals surface area contributed by atoms with Gasteiger partial charge in [-0.2, -0.15) is 0 Å². The minimum Gasteiger partial charge on any atom is -0.478 e.